The Bertz CT molecular complexity index is 491. The van der Waals surface area contributed by atoms with E-state index in [4.69, 9.17) is 0 Å². The molecule has 1 fully saturated rings. The zero-order valence-electron chi connectivity index (χ0n) is 12.0. The Balaban J connectivity index is 0.00000220. The van der Waals surface area contributed by atoms with Gasteiger partial charge in [-0.1, -0.05) is 0 Å². The molecule has 0 saturated carbocycles. The molecule has 2 rings (SSSR count). The van der Waals surface area contributed by atoms with Crippen molar-refractivity contribution in [1.82, 2.24) is 10.2 Å². The lowest BCUT2D eigenvalue weighted by Crippen LogP contribution is -2.55. The normalized spacial score (nSPS) is 22.5. The van der Waals surface area contributed by atoms with Crippen LogP contribution in [0, 0.1) is 11.6 Å². The third-order valence-electron chi connectivity index (χ3n) is 3.20. The van der Waals surface area contributed by atoms with E-state index in [1.807, 2.05) is 18.7 Å². The van der Waals surface area contributed by atoms with E-state index in [0.717, 1.165) is 31.3 Å². The summed E-state index contributed by atoms with van der Waals surface area (Å²) in [5, 5.41) is 5.78. The van der Waals surface area contributed by atoms with Gasteiger partial charge in [-0.3, -0.25) is 9.69 Å². The lowest BCUT2D eigenvalue weighted by atomic mass is 10.1. The molecule has 2 unspecified atom stereocenters. The molecule has 1 saturated heterocycles. The molecular formula is C14H20ClF2N3O. The summed E-state index contributed by atoms with van der Waals surface area (Å²) < 4.78 is 26.4. The molecule has 1 amide bonds. The fraction of sp³-hybridized carbons (Fsp3) is 0.500. The molecule has 0 spiro atoms. The summed E-state index contributed by atoms with van der Waals surface area (Å²) in [5.41, 5.74) is -0.119. The maximum Gasteiger partial charge on any atom is 0.238 e. The molecule has 0 radical (unpaired) electrons. The van der Waals surface area contributed by atoms with Crippen molar-refractivity contribution < 1.29 is 13.6 Å². The van der Waals surface area contributed by atoms with Crippen LogP contribution in [0.25, 0.3) is 0 Å². The fourth-order valence-corrected chi connectivity index (χ4v) is 2.56. The van der Waals surface area contributed by atoms with Crippen LogP contribution in [0.4, 0.5) is 14.5 Å². The first kappa shape index (κ1) is 17.8. The second-order valence-electron chi connectivity index (χ2n) is 5.34. The smallest absolute Gasteiger partial charge is 0.238 e. The second-order valence-corrected chi connectivity index (χ2v) is 5.34. The zero-order valence-corrected chi connectivity index (χ0v) is 12.8. The first-order valence-corrected chi connectivity index (χ1v) is 6.67. The van der Waals surface area contributed by atoms with E-state index in [2.05, 4.69) is 10.6 Å². The molecule has 0 aliphatic carbocycles. The molecule has 1 aromatic rings. The highest BCUT2D eigenvalue weighted by atomic mass is 35.5. The minimum absolute atomic E-state index is 0. The Morgan fingerprint density at radius 3 is 2.57 bits per heavy atom. The van der Waals surface area contributed by atoms with Crippen LogP contribution in [-0.4, -0.2) is 42.5 Å². The number of carbonyl (C=O) groups is 1. The Hall–Kier alpha value is -1.24. The van der Waals surface area contributed by atoms with Gasteiger partial charge in [0.1, 0.15) is 11.6 Å². The molecule has 1 aromatic carbocycles. The van der Waals surface area contributed by atoms with Crippen molar-refractivity contribution >= 4 is 24.0 Å². The highest BCUT2D eigenvalue weighted by molar-refractivity contribution is 5.92. The van der Waals surface area contributed by atoms with E-state index in [1.165, 1.54) is 0 Å². The molecular weight excluding hydrogens is 300 g/mol. The van der Waals surface area contributed by atoms with Gasteiger partial charge in [-0.15, -0.1) is 12.4 Å². The number of piperazine rings is 1. The van der Waals surface area contributed by atoms with Crippen molar-refractivity contribution in [2.24, 2.45) is 0 Å². The predicted molar refractivity (Wildman–Crippen MR) is 80.7 cm³/mol. The number of halogens is 3. The summed E-state index contributed by atoms with van der Waals surface area (Å²) in [4.78, 5) is 13.9. The van der Waals surface area contributed by atoms with E-state index >= 15 is 0 Å². The molecule has 118 valence electrons. The minimum Gasteiger partial charge on any atom is -0.322 e. The van der Waals surface area contributed by atoms with Crippen molar-refractivity contribution in [2.45, 2.75) is 25.9 Å². The Morgan fingerprint density at radius 2 is 1.95 bits per heavy atom. The molecule has 1 heterocycles. The second kappa shape index (κ2) is 7.68. The summed E-state index contributed by atoms with van der Waals surface area (Å²) in [5.74, 6) is -1.55. The van der Waals surface area contributed by atoms with Gasteiger partial charge in [0.15, 0.2) is 0 Å². The molecule has 21 heavy (non-hydrogen) atoms. The van der Waals surface area contributed by atoms with Crippen LogP contribution < -0.4 is 10.6 Å². The maximum absolute atomic E-state index is 13.4. The topological polar surface area (TPSA) is 44.4 Å². The van der Waals surface area contributed by atoms with Gasteiger partial charge in [0.05, 0.1) is 12.2 Å². The maximum atomic E-state index is 13.4. The van der Waals surface area contributed by atoms with Gasteiger partial charge < -0.3 is 10.6 Å². The first-order chi connectivity index (χ1) is 9.44. The molecule has 2 N–H and O–H groups in total. The standard InChI is InChI=1S/C14H19F2N3O.ClH/c1-9-6-19(7-10(2)17-9)8-14(20)18-13-5-11(15)3-4-12(13)16;/h3-5,9-10,17H,6-8H2,1-2H3,(H,18,20);1H. The number of hydrogen-bond donors (Lipinski definition) is 2. The van der Waals surface area contributed by atoms with Gasteiger partial charge in [0, 0.05) is 31.2 Å². The molecule has 2 atom stereocenters. The number of rotatable bonds is 3. The number of amides is 1. The molecule has 4 nitrogen and oxygen atoms in total. The molecule has 0 bridgehead atoms. The van der Waals surface area contributed by atoms with Gasteiger partial charge in [-0.2, -0.15) is 0 Å². The van der Waals surface area contributed by atoms with Crippen molar-refractivity contribution in [3.63, 3.8) is 0 Å². The van der Waals surface area contributed by atoms with Gasteiger partial charge in [0.25, 0.3) is 0 Å². The lowest BCUT2D eigenvalue weighted by molar-refractivity contribution is -0.117. The number of nitrogens with one attached hydrogen (secondary N) is 2. The van der Waals surface area contributed by atoms with Crippen LogP contribution in [0.15, 0.2) is 18.2 Å². The molecule has 0 aromatic heterocycles. The van der Waals surface area contributed by atoms with Crippen molar-refractivity contribution in [1.29, 1.82) is 0 Å². The third kappa shape index (κ3) is 5.22. The molecule has 1 aliphatic rings. The zero-order chi connectivity index (χ0) is 14.7. The monoisotopic (exact) mass is 319 g/mol. The van der Waals surface area contributed by atoms with Gasteiger partial charge in [-0.25, -0.2) is 8.78 Å². The Kier molecular flexibility index (Phi) is 6.51. The van der Waals surface area contributed by atoms with E-state index in [1.54, 1.807) is 0 Å². The van der Waals surface area contributed by atoms with Gasteiger partial charge >= 0.3 is 0 Å². The number of nitrogens with zero attached hydrogens (tertiary/aromatic N) is 1. The van der Waals surface area contributed by atoms with E-state index in [0.29, 0.717) is 12.1 Å². The lowest BCUT2D eigenvalue weighted by Gasteiger charge is -2.35. The van der Waals surface area contributed by atoms with E-state index < -0.39 is 11.6 Å². The summed E-state index contributed by atoms with van der Waals surface area (Å²) in [6.07, 6.45) is 0. The van der Waals surface area contributed by atoms with Crippen molar-refractivity contribution in [3.8, 4) is 0 Å². The minimum atomic E-state index is -0.637. The number of carbonyl (C=O) groups excluding carboxylic acids is 1. The summed E-state index contributed by atoms with van der Waals surface area (Å²) in [6, 6.07) is 3.61. The highest BCUT2D eigenvalue weighted by Gasteiger charge is 2.22. The predicted octanol–water partition coefficient (Wildman–Crippen LogP) is 2.01. The van der Waals surface area contributed by atoms with Crippen molar-refractivity contribution in [3.05, 3.63) is 29.8 Å². The van der Waals surface area contributed by atoms with E-state index in [-0.39, 0.29) is 30.5 Å². The largest absolute Gasteiger partial charge is 0.322 e. The van der Waals surface area contributed by atoms with Gasteiger partial charge in [-0.05, 0) is 26.0 Å². The average Bonchev–Trinajstić information content (AvgIpc) is 2.32. The van der Waals surface area contributed by atoms with Crippen LogP contribution >= 0.6 is 12.4 Å². The average molecular weight is 320 g/mol. The van der Waals surface area contributed by atoms with Crippen LogP contribution in [0.2, 0.25) is 0 Å². The fourth-order valence-electron chi connectivity index (χ4n) is 2.56. The van der Waals surface area contributed by atoms with Crippen molar-refractivity contribution in [2.75, 3.05) is 25.0 Å². The van der Waals surface area contributed by atoms with Crippen LogP contribution in [0.1, 0.15) is 13.8 Å². The Labute approximate surface area is 129 Å². The third-order valence-corrected chi connectivity index (χ3v) is 3.20. The molecule has 7 heteroatoms. The quantitative estimate of drug-likeness (QED) is 0.896. The van der Waals surface area contributed by atoms with Gasteiger partial charge in [0.2, 0.25) is 5.91 Å². The van der Waals surface area contributed by atoms with E-state index in [9.17, 15) is 13.6 Å². The number of benzene rings is 1. The molecule has 1 aliphatic heterocycles. The summed E-state index contributed by atoms with van der Waals surface area (Å²) in [7, 11) is 0. The van der Waals surface area contributed by atoms with Crippen LogP contribution in [0.3, 0.4) is 0 Å². The van der Waals surface area contributed by atoms with Crippen LogP contribution in [0.5, 0.6) is 0 Å². The van der Waals surface area contributed by atoms with Crippen LogP contribution in [-0.2, 0) is 4.79 Å². The summed E-state index contributed by atoms with van der Waals surface area (Å²) >= 11 is 0. The SMILES string of the molecule is CC1CN(CC(=O)Nc2cc(F)ccc2F)CC(C)N1.Cl. The Morgan fingerprint density at radius 1 is 1.33 bits per heavy atom. The number of anilines is 1. The number of hydrogen-bond acceptors (Lipinski definition) is 3. The summed E-state index contributed by atoms with van der Waals surface area (Å²) in [6.45, 7) is 5.78. The highest BCUT2D eigenvalue weighted by Crippen LogP contribution is 2.15. The first-order valence-electron chi connectivity index (χ1n) is 6.67.